The van der Waals surface area contributed by atoms with Crippen molar-refractivity contribution in [3.05, 3.63) is 82.1 Å². The predicted octanol–water partition coefficient (Wildman–Crippen LogP) is 4.63. The van der Waals surface area contributed by atoms with Crippen LogP contribution in [0, 0.1) is 12.7 Å². The van der Waals surface area contributed by atoms with E-state index < -0.39 is 30.1 Å². The number of ketones is 1. The number of rotatable bonds is 7. The second kappa shape index (κ2) is 9.90. The van der Waals surface area contributed by atoms with Crippen LogP contribution in [-0.4, -0.2) is 36.4 Å². The van der Waals surface area contributed by atoms with E-state index in [1.807, 2.05) is 19.1 Å². The van der Waals surface area contributed by atoms with Crippen LogP contribution in [0.2, 0.25) is 0 Å². The number of halogens is 1. The second-order valence-corrected chi connectivity index (χ2v) is 8.52. The molecule has 0 bridgehead atoms. The van der Waals surface area contributed by atoms with Crippen LogP contribution in [-0.2, 0) is 4.74 Å². The van der Waals surface area contributed by atoms with Crippen molar-refractivity contribution in [2.45, 2.75) is 6.92 Å². The first-order chi connectivity index (χ1) is 16.8. The Kier molecular flexibility index (Phi) is 6.74. The maximum Gasteiger partial charge on any atom is 0.338 e. The number of pyridine rings is 1. The zero-order chi connectivity index (χ0) is 25.1. The number of ether oxygens (including phenoxy) is 2. The van der Waals surface area contributed by atoms with E-state index in [1.54, 1.807) is 0 Å². The zero-order valence-corrected chi connectivity index (χ0v) is 19.6. The number of benzene rings is 2. The highest BCUT2D eigenvalue weighted by molar-refractivity contribution is 7.21. The molecular formula is C25H20FN3O5S. The number of anilines is 2. The first-order valence-electron chi connectivity index (χ1n) is 10.4. The average molecular weight is 494 g/mol. The Bertz CT molecular complexity index is 1450. The number of aryl methyl sites for hydroxylation is 1. The van der Waals surface area contributed by atoms with Gasteiger partial charge in [-0.25, -0.2) is 14.2 Å². The van der Waals surface area contributed by atoms with Gasteiger partial charge in [0.15, 0.2) is 12.4 Å². The van der Waals surface area contributed by atoms with Crippen molar-refractivity contribution in [2.24, 2.45) is 0 Å². The summed E-state index contributed by atoms with van der Waals surface area (Å²) < 4.78 is 23.4. The number of hydrogen-bond donors (Lipinski definition) is 2. The molecule has 3 N–H and O–H groups in total. The van der Waals surface area contributed by atoms with E-state index in [9.17, 15) is 18.8 Å². The SMILES string of the molecule is COc1ccc(C(=O)OCC(=O)c2ccc(F)cc2)cc1NC(=O)c1sc2nc(C)ccc2c1N. The molecule has 2 aromatic heterocycles. The number of nitrogens with two attached hydrogens (primary N) is 1. The zero-order valence-electron chi connectivity index (χ0n) is 18.8. The molecule has 0 atom stereocenters. The number of amides is 1. The van der Waals surface area contributed by atoms with E-state index >= 15 is 0 Å². The van der Waals surface area contributed by atoms with Crippen LogP contribution in [0.4, 0.5) is 15.8 Å². The fraction of sp³-hybridized carbons (Fsp3) is 0.120. The summed E-state index contributed by atoms with van der Waals surface area (Å²) in [6, 6.07) is 12.9. The number of Topliss-reactive ketones (excluding diaryl/α,β-unsaturated/α-hetero) is 1. The summed E-state index contributed by atoms with van der Waals surface area (Å²) in [5.74, 6) is -1.91. The number of methoxy groups -OCH3 is 1. The van der Waals surface area contributed by atoms with Crippen molar-refractivity contribution in [1.82, 2.24) is 4.98 Å². The first-order valence-corrected chi connectivity index (χ1v) is 11.2. The number of carbonyl (C=O) groups excluding carboxylic acids is 3. The van der Waals surface area contributed by atoms with Crippen molar-refractivity contribution in [1.29, 1.82) is 0 Å². The van der Waals surface area contributed by atoms with E-state index in [2.05, 4.69) is 10.3 Å². The molecule has 0 unspecified atom stereocenters. The van der Waals surface area contributed by atoms with Gasteiger partial charge in [0.05, 0.1) is 24.0 Å². The number of nitrogens with one attached hydrogen (secondary N) is 1. The Hall–Kier alpha value is -4.31. The van der Waals surface area contributed by atoms with E-state index in [1.165, 1.54) is 37.4 Å². The number of nitrogens with zero attached hydrogens (tertiary/aromatic N) is 1. The molecule has 10 heteroatoms. The Morgan fingerprint density at radius 1 is 1.06 bits per heavy atom. The number of nitrogen functional groups attached to an aromatic ring is 1. The summed E-state index contributed by atoms with van der Waals surface area (Å²) in [7, 11) is 1.42. The molecule has 0 aliphatic carbocycles. The summed E-state index contributed by atoms with van der Waals surface area (Å²) in [5.41, 5.74) is 7.81. The Labute approximate surface area is 203 Å². The predicted molar refractivity (Wildman–Crippen MR) is 131 cm³/mol. The fourth-order valence-corrected chi connectivity index (χ4v) is 4.34. The van der Waals surface area contributed by atoms with Crippen molar-refractivity contribution in [3.8, 4) is 5.75 Å². The average Bonchev–Trinajstić information content (AvgIpc) is 3.18. The molecular weight excluding hydrogens is 473 g/mol. The minimum Gasteiger partial charge on any atom is -0.495 e. The monoisotopic (exact) mass is 493 g/mol. The lowest BCUT2D eigenvalue weighted by Crippen LogP contribution is -2.16. The molecule has 8 nitrogen and oxygen atoms in total. The van der Waals surface area contributed by atoms with Gasteiger partial charge in [-0.3, -0.25) is 9.59 Å². The van der Waals surface area contributed by atoms with E-state index in [0.717, 1.165) is 29.2 Å². The highest BCUT2D eigenvalue weighted by Crippen LogP contribution is 2.34. The molecule has 0 aliphatic rings. The van der Waals surface area contributed by atoms with Gasteiger partial charge in [-0.2, -0.15) is 0 Å². The third-order valence-corrected chi connectivity index (χ3v) is 6.24. The maximum absolute atomic E-state index is 13.0. The van der Waals surface area contributed by atoms with Crippen LogP contribution in [0.3, 0.4) is 0 Å². The Morgan fingerprint density at radius 3 is 2.49 bits per heavy atom. The standard InChI is InChI=1S/C25H20FN3O5S/c1-13-3-9-17-21(27)22(35-24(17)28-13)23(31)29-18-11-15(6-10-20(18)33-2)25(32)34-12-19(30)14-4-7-16(26)8-5-14/h3-11H,12,27H2,1-2H3,(H,29,31). The smallest absolute Gasteiger partial charge is 0.338 e. The molecule has 2 aromatic carbocycles. The molecule has 1 amide bonds. The molecule has 4 rings (SSSR count). The third kappa shape index (κ3) is 5.12. The molecule has 2 heterocycles. The van der Waals surface area contributed by atoms with Crippen molar-refractivity contribution in [2.75, 3.05) is 24.8 Å². The molecule has 0 fully saturated rings. The van der Waals surface area contributed by atoms with Gasteiger partial charge < -0.3 is 20.5 Å². The van der Waals surface area contributed by atoms with Crippen LogP contribution >= 0.6 is 11.3 Å². The van der Waals surface area contributed by atoms with Crippen LogP contribution < -0.4 is 15.8 Å². The summed E-state index contributed by atoms with van der Waals surface area (Å²) in [4.78, 5) is 43.0. The minimum atomic E-state index is -0.778. The van der Waals surface area contributed by atoms with E-state index in [4.69, 9.17) is 15.2 Å². The minimum absolute atomic E-state index is 0.0922. The molecule has 35 heavy (non-hydrogen) atoms. The van der Waals surface area contributed by atoms with Crippen molar-refractivity contribution >= 4 is 50.6 Å². The number of hydrogen-bond acceptors (Lipinski definition) is 8. The van der Waals surface area contributed by atoms with Crippen molar-refractivity contribution in [3.63, 3.8) is 0 Å². The van der Waals surface area contributed by atoms with E-state index in [-0.39, 0.29) is 21.7 Å². The molecule has 0 saturated heterocycles. The van der Waals surface area contributed by atoms with Crippen molar-refractivity contribution < 1.29 is 28.2 Å². The summed E-state index contributed by atoms with van der Waals surface area (Å²) in [5, 5.41) is 3.40. The van der Waals surface area contributed by atoms with Crippen LogP contribution in [0.1, 0.15) is 36.1 Å². The van der Waals surface area contributed by atoms with Gasteiger partial charge in [0, 0.05) is 16.6 Å². The normalized spacial score (nSPS) is 10.7. The van der Waals surface area contributed by atoms with Gasteiger partial charge in [0.2, 0.25) is 0 Å². The highest BCUT2D eigenvalue weighted by Gasteiger charge is 2.20. The summed E-state index contributed by atoms with van der Waals surface area (Å²) in [6.45, 7) is 1.32. The van der Waals surface area contributed by atoms with Gasteiger partial charge >= 0.3 is 5.97 Å². The first kappa shape index (κ1) is 23.8. The second-order valence-electron chi connectivity index (χ2n) is 7.53. The number of carbonyl (C=O) groups is 3. The topological polar surface area (TPSA) is 121 Å². The van der Waals surface area contributed by atoms with Gasteiger partial charge in [-0.15, -0.1) is 11.3 Å². The maximum atomic E-state index is 13.0. The summed E-state index contributed by atoms with van der Waals surface area (Å²) in [6.07, 6.45) is 0. The number of aromatic nitrogens is 1. The van der Waals surface area contributed by atoms with Gasteiger partial charge in [0.1, 0.15) is 21.3 Å². The van der Waals surface area contributed by atoms with E-state index in [0.29, 0.717) is 21.7 Å². The molecule has 4 aromatic rings. The van der Waals surface area contributed by atoms with Crippen LogP contribution in [0.15, 0.2) is 54.6 Å². The fourth-order valence-electron chi connectivity index (χ4n) is 3.30. The lowest BCUT2D eigenvalue weighted by molar-refractivity contribution is 0.0474. The molecule has 178 valence electrons. The molecule has 0 saturated carbocycles. The highest BCUT2D eigenvalue weighted by atomic mass is 32.1. The van der Waals surface area contributed by atoms with Gasteiger partial charge in [0.25, 0.3) is 5.91 Å². The molecule has 0 spiro atoms. The quantitative estimate of drug-likeness (QED) is 0.284. The lowest BCUT2D eigenvalue weighted by atomic mass is 10.1. The molecule has 0 radical (unpaired) electrons. The Morgan fingerprint density at radius 2 is 1.77 bits per heavy atom. The number of esters is 1. The van der Waals surface area contributed by atoms with Crippen LogP contribution in [0.5, 0.6) is 5.75 Å². The number of fused-ring (bicyclic) bond motifs is 1. The molecule has 0 aliphatic heterocycles. The van der Waals surface area contributed by atoms with Gasteiger partial charge in [-0.05, 0) is 61.5 Å². The Balaban J connectivity index is 1.51. The lowest BCUT2D eigenvalue weighted by Gasteiger charge is -2.12. The number of thiophene rings is 1. The van der Waals surface area contributed by atoms with Crippen LogP contribution in [0.25, 0.3) is 10.2 Å². The largest absolute Gasteiger partial charge is 0.495 e. The van der Waals surface area contributed by atoms with Gasteiger partial charge in [-0.1, -0.05) is 0 Å². The third-order valence-electron chi connectivity index (χ3n) is 5.12. The summed E-state index contributed by atoms with van der Waals surface area (Å²) >= 11 is 1.16.